The smallest absolute Gasteiger partial charge is 0.408 e. The maximum Gasteiger partial charge on any atom is 0.408 e. The first-order chi connectivity index (χ1) is 11.9. The normalized spacial score (nSPS) is 13.9. The fourth-order valence-corrected chi connectivity index (χ4v) is 1.85. The van der Waals surface area contributed by atoms with Crippen LogP contribution in [0.1, 0.15) is 12.5 Å². The molecule has 1 aromatic rings. The van der Waals surface area contributed by atoms with E-state index in [-0.39, 0.29) is 6.61 Å². The van der Waals surface area contributed by atoms with Crippen molar-refractivity contribution in [1.29, 1.82) is 0 Å². The van der Waals surface area contributed by atoms with Crippen LogP contribution in [0.25, 0.3) is 0 Å². The number of ether oxygens (including phenoxy) is 1. The van der Waals surface area contributed by atoms with Gasteiger partial charge in [0.15, 0.2) is 0 Å². The number of hydrogen-bond donors (Lipinski definition) is 6. The van der Waals surface area contributed by atoms with Crippen molar-refractivity contribution in [3.8, 4) is 0 Å². The molecule has 1 aromatic carbocycles. The molecular weight excluding hydrogens is 332 g/mol. The van der Waals surface area contributed by atoms with Gasteiger partial charge in [-0.3, -0.25) is 15.0 Å². The number of aliphatic hydroxyl groups is 2. The number of amides is 3. The topological polar surface area (TPSA) is 163 Å². The minimum absolute atomic E-state index is 0.0182. The van der Waals surface area contributed by atoms with Crippen LogP contribution in [0.2, 0.25) is 0 Å². The number of carbonyl (C=O) groups excluding carboxylic acids is 3. The Morgan fingerprint density at radius 2 is 1.80 bits per heavy atom. The van der Waals surface area contributed by atoms with Crippen LogP contribution in [0.3, 0.4) is 0 Å². The molecule has 0 aromatic heterocycles. The van der Waals surface area contributed by atoms with Crippen molar-refractivity contribution >= 4 is 17.9 Å². The van der Waals surface area contributed by atoms with Crippen molar-refractivity contribution in [3.63, 3.8) is 0 Å². The van der Waals surface area contributed by atoms with Gasteiger partial charge in [0.1, 0.15) is 18.7 Å². The van der Waals surface area contributed by atoms with Gasteiger partial charge < -0.3 is 25.6 Å². The van der Waals surface area contributed by atoms with Crippen molar-refractivity contribution in [1.82, 2.24) is 16.1 Å². The molecule has 0 bridgehead atoms. The third-order valence-corrected chi connectivity index (χ3v) is 3.21. The molecule has 0 unspecified atom stereocenters. The molecule has 0 saturated carbocycles. The molecule has 0 saturated heterocycles. The van der Waals surface area contributed by atoms with Crippen LogP contribution in [0.15, 0.2) is 30.3 Å². The summed E-state index contributed by atoms with van der Waals surface area (Å²) in [5.41, 5.74) is 2.53. The largest absolute Gasteiger partial charge is 0.445 e. The van der Waals surface area contributed by atoms with Crippen LogP contribution in [0.5, 0.6) is 0 Å². The van der Waals surface area contributed by atoms with Gasteiger partial charge in [-0.25, -0.2) is 10.6 Å². The zero-order chi connectivity index (χ0) is 18.8. The average molecular weight is 354 g/mol. The van der Waals surface area contributed by atoms with E-state index in [4.69, 9.17) is 15.7 Å². The number of aliphatic hydroxyl groups excluding tert-OH is 2. The number of hydrazine groups is 1. The summed E-state index contributed by atoms with van der Waals surface area (Å²) < 4.78 is 4.97. The maximum absolute atomic E-state index is 12.1. The van der Waals surface area contributed by atoms with Crippen molar-refractivity contribution in [2.75, 3.05) is 6.61 Å². The zero-order valence-electron chi connectivity index (χ0n) is 13.6. The quantitative estimate of drug-likeness (QED) is 0.181. The molecule has 0 aliphatic rings. The van der Waals surface area contributed by atoms with Gasteiger partial charge in [-0.05, 0) is 12.5 Å². The third kappa shape index (κ3) is 6.75. The second-order valence-corrected chi connectivity index (χ2v) is 5.18. The summed E-state index contributed by atoms with van der Waals surface area (Å²) in [5, 5.41) is 23.1. The standard InChI is InChI=1S/C15H22N4O6/c1-9(21)12(14(23)17-11(7-20)13(22)19-16)18-15(24)25-8-10-5-3-2-4-6-10/h2-6,9,11-12,20-21H,7-8,16H2,1H3,(H,17,23)(H,18,24)(H,19,22)/t9-,11+,12+/m1/s1. The maximum atomic E-state index is 12.1. The van der Waals surface area contributed by atoms with Crippen LogP contribution < -0.4 is 21.9 Å². The van der Waals surface area contributed by atoms with Crippen LogP contribution in [0, 0.1) is 0 Å². The van der Waals surface area contributed by atoms with Gasteiger partial charge in [-0.1, -0.05) is 30.3 Å². The average Bonchev–Trinajstić information content (AvgIpc) is 2.62. The number of carbonyl (C=O) groups is 3. The van der Waals surface area contributed by atoms with E-state index in [0.717, 1.165) is 5.56 Å². The van der Waals surface area contributed by atoms with Gasteiger partial charge in [0.2, 0.25) is 5.91 Å². The molecule has 0 fully saturated rings. The molecule has 10 heteroatoms. The monoisotopic (exact) mass is 354 g/mol. The van der Waals surface area contributed by atoms with E-state index in [1.165, 1.54) is 6.92 Å². The van der Waals surface area contributed by atoms with Crippen LogP contribution >= 0.6 is 0 Å². The lowest BCUT2D eigenvalue weighted by Gasteiger charge is -2.23. The van der Waals surface area contributed by atoms with Gasteiger partial charge in [-0.2, -0.15) is 0 Å². The molecule has 1 rings (SSSR count). The Kier molecular flexibility index (Phi) is 8.33. The summed E-state index contributed by atoms with van der Waals surface area (Å²) in [7, 11) is 0. The highest BCUT2D eigenvalue weighted by atomic mass is 16.5. The van der Waals surface area contributed by atoms with Crippen molar-refractivity contribution < 1.29 is 29.3 Å². The Labute approximate surface area is 144 Å². The number of nitrogens with two attached hydrogens (primary N) is 1. The fourth-order valence-electron chi connectivity index (χ4n) is 1.85. The first-order valence-electron chi connectivity index (χ1n) is 7.46. The summed E-state index contributed by atoms with van der Waals surface area (Å²) in [4.78, 5) is 35.3. The molecule has 0 radical (unpaired) electrons. The Morgan fingerprint density at radius 1 is 1.16 bits per heavy atom. The molecular formula is C15H22N4O6. The second kappa shape index (κ2) is 10.2. The predicted octanol–water partition coefficient (Wildman–Crippen LogP) is -1.87. The highest BCUT2D eigenvalue weighted by Gasteiger charge is 2.29. The lowest BCUT2D eigenvalue weighted by molar-refractivity contribution is -0.132. The van der Waals surface area contributed by atoms with E-state index in [2.05, 4.69) is 10.6 Å². The zero-order valence-corrected chi connectivity index (χ0v) is 13.6. The highest BCUT2D eigenvalue weighted by Crippen LogP contribution is 2.02. The summed E-state index contributed by atoms with van der Waals surface area (Å²) in [6, 6.07) is 6.17. The number of alkyl carbamates (subject to hydrolysis) is 1. The first kappa shape index (κ1) is 20.4. The number of hydrogen-bond acceptors (Lipinski definition) is 7. The molecule has 3 amide bonds. The van der Waals surface area contributed by atoms with Gasteiger partial charge in [0, 0.05) is 0 Å². The Morgan fingerprint density at radius 3 is 2.32 bits per heavy atom. The molecule has 0 aliphatic carbocycles. The van der Waals surface area contributed by atoms with Crippen LogP contribution in [-0.2, 0) is 20.9 Å². The molecule has 0 spiro atoms. The van der Waals surface area contributed by atoms with Crippen LogP contribution in [0.4, 0.5) is 4.79 Å². The molecule has 7 N–H and O–H groups in total. The molecule has 10 nitrogen and oxygen atoms in total. The van der Waals surface area contributed by atoms with E-state index >= 15 is 0 Å². The molecule has 0 heterocycles. The van der Waals surface area contributed by atoms with E-state index in [1.54, 1.807) is 29.7 Å². The van der Waals surface area contributed by atoms with Gasteiger partial charge in [0.25, 0.3) is 5.91 Å². The van der Waals surface area contributed by atoms with Crippen molar-refractivity contribution in [2.45, 2.75) is 31.7 Å². The number of nitrogens with one attached hydrogen (secondary N) is 3. The minimum Gasteiger partial charge on any atom is -0.445 e. The third-order valence-electron chi connectivity index (χ3n) is 3.21. The van der Waals surface area contributed by atoms with Gasteiger partial charge in [0.05, 0.1) is 12.7 Å². The Bertz CT molecular complexity index is 581. The van der Waals surface area contributed by atoms with Gasteiger partial charge >= 0.3 is 6.09 Å². The second-order valence-electron chi connectivity index (χ2n) is 5.18. The Hall–Kier alpha value is -2.69. The summed E-state index contributed by atoms with van der Waals surface area (Å²) in [6.07, 6.45) is -2.20. The van der Waals surface area contributed by atoms with E-state index in [1.807, 2.05) is 6.07 Å². The van der Waals surface area contributed by atoms with Crippen LogP contribution in [-0.4, -0.2) is 52.9 Å². The van der Waals surface area contributed by atoms with Crippen molar-refractivity contribution in [3.05, 3.63) is 35.9 Å². The SMILES string of the molecule is C[C@@H](O)[C@H](NC(=O)OCc1ccccc1)C(=O)N[C@@H](CO)C(=O)NN. The molecule has 25 heavy (non-hydrogen) atoms. The number of rotatable bonds is 8. The summed E-state index contributed by atoms with van der Waals surface area (Å²) in [5.74, 6) is 3.23. The van der Waals surface area contributed by atoms with E-state index in [0.29, 0.717) is 0 Å². The summed E-state index contributed by atoms with van der Waals surface area (Å²) >= 11 is 0. The Balaban J connectivity index is 2.61. The fraction of sp³-hybridized carbons (Fsp3) is 0.400. The number of benzene rings is 1. The van der Waals surface area contributed by atoms with Gasteiger partial charge in [-0.15, -0.1) is 0 Å². The lowest BCUT2D eigenvalue weighted by atomic mass is 10.1. The minimum atomic E-state index is -1.39. The molecule has 138 valence electrons. The summed E-state index contributed by atoms with van der Waals surface area (Å²) in [6.45, 7) is 0.550. The highest BCUT2D eigenvalue weighted by molar-refractivity contribution is 5.91. The van der Waals surface area contributed by atoms with E-state index < -0.39 is 42.7 Å². The van der Waals surface area contributed by atoms with E-state index in [9.17, 15) is 19.5 Å². The van der Waals surface area contributed by atoms with Crippen molar-refractivity contribution in [2.24, 2.45) is 5.84 Å². The first-order valence-corrected chi connectivity index (χ1v) is 7.46. The predicted molar refractivity (Wildman–Crippen MR) is 86.6 cm³/mol. The molecule has 3 atom stereocenters. The molecule has 0 aliphatic heterocycles. The lowest BCUT2D eigenvalue weighted by Crippen LogP contribution is -2.58.